The largest absolute Gasteiger partial charge is 0.462 e. The maximum Gasteiger partial charge on any atom is 0.306 e. The predicted molar refractivity (Wildman–Crippen MR) is 329 cm³/mol. The van der Waals surface area contributed by atoms with Gasteiger partial charge >= 0.3 is 17.9 Å². The molecule has 424 valence electrons. The Morgan fingerprint density at radius 2 is 0.526 bits per heavy atom. The van der Waals surface area contributed by atoms with E-state index in [2.05, 4.69) is 191 Å². The first-order chi connectivity index (χ1) is 37.5. The highest BCUT2D eigenvalue weighted by Gasteiger charge is 2.19. The van der Waals surface area contributed by atoms with E-state index in [4.69, 9.17) is 14.2 Å². The van der Waals surface area contributed by atoms with Crippen LogP contribution in [-0.4, -0.2) is 37.2 Å². The molecule has 0 saturated carbocycles. The zero-order valence-corrected chi connectivity index (χ0v) is 48.4. The van der Waals surface area contributed by atoms with Crippen LogP contribution < -0.4 is 0 Å². The van der Waals surface area contributed by atoms with Gasteiger partial charge in [0.15, 0.2) is 6.10 Å². The van der Waals surface area contributed by atoms with Gasteiger partial charge in [-0.25, -0.2) is 0 Å². The second-order valence-electron chi connectivity index (χ2n) is 19.1. The number of esters is 3. The summed E-state index contributed by atoms with van der Waals surface area (Å²) in [6, 6.07) is 0. The van der Waals surface area contributed by atoms with Gasteiger partial charge in [-0.15, -0.1) is 0 Å². The summed E-state index contributed by atoms with van der Waals surface area (Å²) in [7, 11) is 0. The van der Waals surface area contributed by atoms with E-state index in [-0.39, 0.29) is 44.0 Å². The average Bonchev–Trinajstić information content (AvgIpc) is 3.42. The SMILES string of the molecule is CC/C=C\C/C=C\C/C=C\C/C=C\C/C=C\C/C=C\C/C=C\C/C=C\C/C=C\CCCC(=O)OCC(COC(=O)CCCCCCC/C=C\CCCCC)OC(=O)CCCCCC/C=C\C/C=C\C/C=C\C/C=C\CC. The summed E-state index contributed by atoms with van der Waals surface area (Å²) >= 11 is 0. The Morgan fingerprint density at radius 1 is 0.276 bits per heavy atom. The van der Waals surface area contributed by atoms with Crippen LogP contribution in [0.4, 0.5) is 0 Å². The van der Waals surface area contributed by atoms with Gasteiger partial charge in [0.1, 0.15) is 13.2 Å². The van der Waals surface area contributed by atoms with Gasteiger partial charge in [0.2, 0.25) is 0 Å². The van der Waals surface area contributed by atoms with E-state index >= 15 is 0 Å². The number of hydrogen-bond acceptors (Lipinski definition) is 6. The van der Waals surface area contributed by atoms with E-state index in [0.717, 1.165) is 154 Å². The van der Waals surface area contributed by atoms with Crippen LogP contribution >= 0.6 is 0 Å². The maximum absolute atomic E-state index is 12.9. The number of allylic oxidation sites excluding steroid dienone is 28. The average molecular weight is 1050 g/mol. The Balaban J connectivity index is 4.49. The summed E-state index contributed by atoms with van der Waals surface area (Å²) in [5, 5.41) is 0. The van der Waals surface area contributed by atoms with Crippen LogP contribution in [0.1, 0.15) is 233 Å². The van der Waals surface area contributed by atoms with Crippen molar-refractivity contribution in [3.8, 4) is 0 Å². The number of carbonyl (C=O) groups excluding carboxylic acids is 3. The van der Waals surface area contributed by atoms with Crippen LogP contribution in [0.25, 0.3) is 0 Å². The molecule has 0 aliphatic rings. The van der Waals surface area contributed by atoms with Crippen molar-refractivity contribution >= 4 is 17.9 Å². The lowest BCUT2D eigenvalue weighted by atomic mass is 10.1. The molecule has 0 aliphatic heterocycles. The summed E-state index contributed by atoms with van der Waals surface area (Å²) in [6.07, 6.45) is 92.1. The number of rotatable bonds is 52. The van der Waals surface area contributed by atoms with E-state index < -0.39 is 6.10 Å². The molecule has 0 aliphatic carbocycles. The van der Waals surface area contributed by atoms with Crippen LogP contribution in [0.5, 0.6) is 0 Å². The van der Waals surface area contributed by atoms with Gasteiger partial charge in [-0.3, -0.25) is 14.4 Å². The topological polar surface area (TPSA) is 78.9 Å². The van der Waals surface area contributed by atoms with E-state index in [1.165, 1.54) is 32.1 Å². The van der Waals surface area contributed by atoms with Crippen molar-refractivity contribution in [2.24, 2.45) is 0 Å². The molecule has 0 N–H and O–H groups in total. The first-order valence-electron chi connectivity index (χ1n) is 30.1. The third-order valence-electron chi connectivity index (χ3n) is 11.9. The molecule has 0 radical (unpaired) electrons. The van der Waals surface area contributed by atoms with Gasteiger partial charge < -0.3 is 14.2 Å². The summed E-state index contributed by atoms with van der Waals surface area (Å²) in [5.74, 6) is -1.02. The zero-order chi connectivity index (χ0) is 55.0. The molecule has 0 fully saturated rings. The maximum atomic E-state index is 12.9. The summed E-state index contributed by atoms with van der Waals surface area (Å²) in [5.41, 5.74) is 0. The van der Waals surface area contributed by atoms with Gasteiger partial charge in [0.25, 0.3) is 0 Å². The highest BCUT2D eigenvalue weighted by atomic mass is 16.6. The third-order valence-corrected chi connectivity index (χ3v) is 11.9. The summed E-state index contributed by atoms with van der Waals surface area (Å²) in [4.78, 5) is 38.2. The minimum Gasteiger partial charge on any atom is -0.462 e. The van der Waals surface area contributed by atoms with Gasteiger partial charge in [-0.1, -0.05) is 236 Å². The number of ether oxygens (including phenoxy) is 3. The van der Waals surface area contributed by atoms with Crippen LogP contribution in [0, 0.1) is 0 Å². The highest BCUT2D eigenvalue weighted by molar-refractivity contribution is 5.71. The molecule has 0 heterocycles. The van der Waals surface area contributed by atoms with Crippen molar-refractivity contribution in [1.82, 2.24) is 0 Å². The molecule has 0 aromatic heterocycles. The predicted octanol–water partition coefficient (Wildman–Crippen LogP) is 20.7. The normalized spacial score (nSPS) is 13.4. The van der Waals surface area contributed by atoms with Crippen molar-refractivity contribution < 1.29 is 28.6 Å². The summed E-state index contributed by atoms with van der Waals surface area (Å²) < 4.78 is 16.8. The second kappa shape index (κ2) is 62.3. The smallest absolute Gasteiger partial charge is 0.306 e. The Bertz CT molecular complexity index is 1770. The van der Waals surface area contributed by atoms with Crippen LogP contribution in [-0.2, 0) is 28.6 Å². The third kappa shape index (κ3) is 59.6. The molecule has 76 heavy (non-hydrogen) atoms. The van der Waals surface area contributed by atoms with Gasteiger partial charge in [0, 0.05) is 19.3 Å². The molecule has 0 rings (SSSR count). The lowest BCUT2D eigenvalue weighted by molar-refractivity contribution is -0.167. The van der Waals surface area contributed by atoms with Crippen LogP contribution in [0.15, 0.2) is 170 Å². The molecule has 0 aromatic carbocycles. The molecule has 6 nitrogen and oxygen atoms in total. The van der Waals surface area contributed by atoms with Crippen molar-refractivity contribution in [2.75, 3.05) is 13.2 Å². The molecule has 0 saturated heterocycles. The lowest BCUT2D eigenvalue weighted by Gasteiger charge is -2.18. The molecule has 0 bridgehead atoms. The molecule has 1 atom stereocenters. The zero-order valence-electron chi connectivity index (χ0n) is 48.4. The second-order valence-corrected chi connectivity index (χ2v) is 19.1. The van der Waals surface area contributed by atoms with Crippen LogP contribution in [0.3, 0.4) is 0 Å². The molecule has 0 aromatic rings. The Morgan fingerprint density at radius 3 is 0.868 bits per heavy atom. The molecule has 1 unspecified atom stereocenters. The molecule has 0 spiro atoms. The monoisotopic (exact) mass is 1040 g/mol. The first kappa shape index (κ1) is 70.8. The van der Waals surface area contributed by atoms with E-state index in [1.807, 2.05) is 0 Å². The Kier molecular flexibility index (Phi) is 58.0. The molecular formula is C70H108O6. The molecule has 0 amide bonds. The number of hydrogen-bond donors (Lipinski definition) is 0. The van der Waals surface area contributed by atoms with Crippen molar-refractivity contribution in [1.29, 1.82) is 0 Å². The number of carbonyl (C=O) groups is 3. The Labute approximate surface area is 466 Å². The fourth-order valence-electron chi connectivity index (χ4n) is 7.49. The fraction of sp³-hybridized carbons (Fsp3) is 0.557. The fourth-order valence-corrected chi connectivity index (χ4v) is 7.49. The van der Waals surface area contributed by atoms with Gasteiger partial charge in [-0.05, 0) is 148 Å². The van der Waals surface area contributed by atoms with E-state index in [9.17, 15) is 14.4 Å². The Hall–Kier alpha value is -5.23. The van der Waals surface area contributed by atoms with Gasteiger partial charge in [0.05, 0.1) is 0 Å². The van der Waals surface area contributed by atoms with E-state index in [0.29, 0.717) is 12.8 Å². The highest BCUT2D eigenvalue weighted by Crippen LogP contribution is 2.12. The quantitative estimate of drug-likeness (QED) is 0.0261. The number of unbranched alkanes of at least 4 members (excludes halogenated alkanes) is 13. The minimum atomic E-state index is -0.827. The van der Waals surface area contributed by atoms with Crippen molar-refractivity contribution in [3.63, 3.8) is 0 Å². The standard InChI is InChI=1S/C70H108O6/c1-4-7-10-13-16-19-22-25-27-29-30-31-32-33-34-35-36-37-38-39-40-42-43-45-48-51-54-57-60-63-69(72)75-66-67(65-74-68(71)62-59-56-53-50-47-24-21-18-15-12-9-6-3)76-70(73)64-61-58-55-52-49-46-44-41-28-26-23-20-17-14-11-8-5-2/h7-8,10-11,16-21,25-28,30-31,33-34,36-37,39-40,43-46,51,54,67H,4-6,9,12-15,22-24,29,32,35,38,41-42,47-50,52-53,55-66H2,1-3H3/b10-7-,11-8-,19-16-,20-17-,21-18-,27-25-,28-26-,31-30-,34-33-,37-36-,40-39-,45-43-,46-44-,54-51-. The summed E-state index contributed by atoms with van der Waals surface area (Å²) in [6.45, 7) is 6.29. The molecule has 6 heteroatoms. The van der Waals surface area contributed by atoms with Gasteiger partial charge in [-0.2, -0.15) is 0 Å². The van der Waals surface area contributed by atoms with Crippen molar-refractivity contribution in [3.05, 3.63) is 170 Å². The van der Waals surface area contributed by atoms with Crippen LogP contribution in [0.2, 0.25) is 0 Å². The molecular weight excluding hydrogens is 937 g/mol. The first-order valence-corrected chi connectivity index (χ1v) is 30.1. The van der Waals surface area contributed by atoms with Crippen molar-refractivity contribution in [2.45, 2.75) is 239 Å². The van der Waals surface area contributed by atoms with E-state index in [1.54, 1.807) is 0 Å². The minimum absolute atomic E-state index is 0.118. The lowest BCUT2D eigenvalue weighted by Crippen LogP contribution is -2.30.